The average Bonchev–Trinajstić information content (AvgIpc) is 2.56. The summed E-state index contributed by atoms with van der Waals surface area (Å²) in [6.07, 6.45) is 0. The van der Waals surface area contributed by atoms with Gasteiger partial charge in [0.15, 0.2) is 13.6 Å². The normalized spacial score (nSPS) is 14.0. The van der Waals surface area contributed by atoms with Gasteiger partial charge in [-0.25, -0.2) is 9.34 Å². The summed E-state index contributed by atoms with van der Waals surface area (Å²) in [6, 6.07) is 1.63. The summed E-state index contributed by atoms with van der Waals surface area (Å²) in [5.74, 6) is 1.81. The first-order valence-electron chi connectivity index (χ1n) is 11.8. The molecule has 0 aliphatic carbocycles. The third-order valence-electron chi connectivity index (χ3n) is 4.68. The molecule has 0 atom stereocenters. The molecule has 0 spiro atoms. The Morgan fingerprint density at radius 1 is 0.774 bits per heavy atom. The van der Waals surface area contributed by atoms with Gasteiger partial charge in [0.05, 0.1) is 5.60 Å². The maximum atomic E-state index is 12.1. The minimum Gasteiger partial charge on any atom is -0.324 e. The van der Waals surface area contributed by atoms with E-state index in [2.05, 4.69) is 92.4 Å². The molecular weight excluding hydrogens is 443 g/mol. The number of hydrogen-bond donors (Lipinski definition) is 0. The van der Waals surface area contributed by atoms with E-state index in [9.17, 15) is 4.79 Å². The molecule has 4 nitrogen and oxygen atoms in total. The first kappa shape index (κ1) is 31.7. The van der Waals surface area contributed by atoms with E-state index in [-0.39, 0.29) is 21.4 Å². The number of carbonyl (C=O) groups is 1. The SMILES string of the molecule is CC(C)C(=O)SCC(C)(C)SCC(C)(C)OP(N(C(C)C)C(C)C)N(C(C)C)C(C)C. The van der Waals surface area contributed by atoms with Crippen molar-refractivity contribution in [3.05, 3.63) is 0 Å². The molecule has 0 amide bonds. The van der Waals surface area contributed by atoms with Crippen LogP contribution in [0.3, 0.4) is 0 Å². The fraction of sp³-hybridized carbons (Fsp3) is 0.958. The van der Waals surface area contributed by atoms with Gasteiger partial charge in [-0.3, -0.25) is 4.79 Å². The third kappa shape index (κ3) is 11.6. The van der Waals surface area contributed by atoms with E-state index in [0.717, 1.165) is 11.5 Å². The minimum absolute atomic E-state index is 0.0180. The molecule has 31 heavy (non-hydrogen) atoms. The van der Waals surface area contributed by atoms with E-state index in [4.69, 9.17) is 4.52 Å². The highest BCUT2D eigenvalue weighted by Crippen LogP contribution is 2.54. The molecule has 0 unspecified atom stereocenters. The second kappa shape index (κ2) is 13.5. The van der Waals surface area contributed by atoms with Crippen LogP contribution >= 0.6 is 32.0 Å². The molecule has 0 N–H and O–H groups in total. The fourth-order valence-electron chi connectivity index (χ4n) is 3.27. The zero-order valence-corrected chi connectivity index (χ0v) is 25.3. The van der Waals surface area contributed by atoms with Crippen molar-refractivity contribution in [2.75, 3.05) is 11.5 Å². The van der Waals surface area contributed by atoms with Crippen molar-refractivity contribution in [1.29, 1.82) is 0 Å². The van der Waals surface area contributed by atoms with Gasteiger partial charge in [-0.1, -0.05) is 25.6 Å². The molecule has 7 heteroatoms. The summed E-state index contributed by atoms with van der Waals surface area (Å²) < 4.78 is 12.1. The topological polar surface area (TPSA) is 32.8 Å². The summed E-state index contributed by atoms with van der Waals surface area (Å²) in [5.41, 5.74) is -0.273. The van der Waals surface area contributed by atoms with Crippen LogP contribution in [0.5, 0.6) is 0 Å². The Hall–Kier alpha value is 0.680. The first-order chi connectivity index (χ1) is 13.9. The lowest BCUT2D eigenvalue weighted by atomic mass is 10.2. The predicted octanol–water partition coefficient (Wildman–Crippen LogP) is 7.67. The number of carbonyl (C=O) groups excluding carboxylic acids is 1. The molecule has 0 aromatic heterocycles. The van der Waals surface area contributed by atoms with Gasteiger partial charge in [-0.2, -0.15) is 11.8 Å². The Balaban J connectivity index is 5.50. The van der Waals surface area contributed by atoms with Crippen LogP contribution in [0.15, 0.2) is 0 Å². The molecule has 0 aromatic rings. The zero-order chi connectivity index (χ0) is 24.7. The lowest BCUT2D eigenvalue weighted by Gasteiger charge is -2.48. The zero-order valence-electron chi connectivity index (χ0n) is 22.8. The molecule has 0 heterocycles. The van der Waals surface area contributed by atoms with Crippen LogP contribution in [-0.4, -0.2) is 60.5 Å². The van der Waals surface area contributed by atoms with E-state index in [0.29, 0.717) is 24.2 Å². The molecule has 0 rings (SSSR count). The van der Waals surface area contributed by atoms with E-state index in [1.165, 1.54) is 11.8 Å². The summed E-state index contributed by atoms with van der Waals surface area (Å²) >= 11 is 3.38. The van der Waals surface area contributed by atoms with Gasteiger partial charge in [0.25, 0.3) is 0 Å². The second-order valence-corrected chi connectivity index (χ2v) is 15.3. The van der Waals surface area contributed by atoms with E-state index >= 15 is 0 Å². The lowest BCUT2D eigenvalue weighted by molar-refractivity contribution is -0.113. The van der Waals surface area contributed by atoms with Crippen molar-refractivity contribution >= 4 is 37.1 Å². The first-order valence-corrected chi connectivity index (χ1v) is 14.9. The van der Waals surface area contributed by atoms with E-state index < -0.39 is 8.45 Å². The lowest BCUT2D eigenvalue weighted by Crippen LogP contribution is -2.45. The summed E-state index contributed by atoms with van der Waals surface area (Å²) in [5, 5.41) is 0.279. The highest BCUT2D eigenvalue weighted by atomic mass is 32.2. The molecule has 186 valence electrons. The summed E-state index contributed by atoms with van der Waals surface area (Å²) in [6.45, 7) is 31.0. The van der Waals surface area contributed by atoms with Crippen molar-refractivity contribution in [2.45, 2.75) is 131 Å². The van der Waals surface area contributed by atoms with Gasteiger partial charge in [-0.15, -0.1) is 0 Å². The van der Waals surface area contributed by atoms with Crippen LogP contribution in [0, 0.1) is 5.92 Å². The summed E-state index contributed by atoms with van der Waals surface area (Å²) in [4.78, 5) is 12.1. The van der Waals surface area contributed by atoms with Gasteiger partial charge in [0.2, 0.25) is 0 Å². The Morgan fingerprint density at radius 2 is 1.16 bits per heavy atom. The average molecular weight is 495 g/mol. The Morgan fingerprint density at radius 3 is 1.48 bits per heavy atom. The highest BCUT2D eigenvalue weighted by Gasteiger charge is 2.39. The highest BCUT2D eigenvalue weighted by molar-refractivity contribution is 8.14. The maximum Gasteiger partial charge on any atom is 0.191 e. The molecule has 0 saturated carbocycles. The summed E-state index contributed by atoms with van der Waals surface area (Å²) in [7, 11) is -0.914. The van der Waals surface area contributed by atoms with Gasteiger partial charge in [0, 0.05) is 46.3 Å². The second-order valence-electron chi connectivity index (χ2n) is 11.0. The molecule has 0 aliphatic heterocycles. The van der Waals surface area contributed by atoms with Crippen LogP contribution in [0.2, 0.25) is 0 Å². The van der Waals surface area contributed by atoms with Crippen LogP contribution < -0.4 is 0 Å². The van der Waals surface area contributed by atoms with Gasteiger partial charge < -0.3 is 4.52 Å². The molecule has 0 radical (unpaired) electrons. The van der Waals surface area contributed by atoms with Crippen molar-refractivity contribution in [1.82, 2.24) is 9.34 Å². The molecule has 0 fully saturated rings. The third-order valence-corrected chi connectivity index (χ3v) is 11.5. The van der Waals surface area contributed by atoms with Crippen molar-refractivity contribution in [2.24, 2.45) is 5.92 Å². The van der Waals surface area contributed by atoms with Crippen LogP contribution in [0.1, 0.15) is 96.9 Å². The molecule has 0 saturated heterocycles. The van der Waals surface area contributed by atoms with E-state index in [1.807, 2.05) is 25.6 Å². The standard InChI is InChI=1S/C24H51N2O2PS2/c1-17(2)22(27)30-16-24(13,14)31-15-23(11,12)28-29(25(18(3)4)19(5)6)26(20(7)8)21(9)10/h17-21H,15-16H2,1-14H3. The number of hydrogen-bond acceptors (Lipinski definition) is 6. The number of nitrogens with zero attached hydrogens (tertiary/aromatic N) is 2. The largest absolute Gasteiger partial charge is 0.324 e. The Bertz CT molecular complexity index is 502. The quantitative estimate of drug-likeness (QED) is 0.230. The minimum atomic E-state index is -0.914. The predicted molar refractivity (Wildman–Crippen MR) is 145 cm³/mol. The van der Waals surface area contributed by atoms with E-state index in [1.54, 1.807) is 0 Å². The van der Waals surface area contributed by atoms with Crippen LogP contribution in [0.4, 0.5) is 0 Å². The van der Waals surface area contributed by atoms with Gasteiger partial charge >= 0.3 is 0 Å². The van der Waals surface area contributed by atoms with Crippen molar-refractivity contribution in [3.8, 4) is 0 Å². The Labute approximate surface area is 204 Å². The van der Waals surface area contributed by atoms with Crippen LogP contribution in [0.25, 0.3) is 0 Å². The van der Waals surface area contributed by atoms with Crippen molar-refractivity contribution < 1.29 is 9.32 Å². The van der Waals surface area contributed by atoms with Crippen LogP contribution in [-0.2, 0) is 9.32 Å². The van der Waals surface area contributed by atoms with Gasteiger partial charge in [0.1, 0.15) is 0 Å². The molecule has 0 bridgehead atoms. The fourth-order valence-corrected chi connectivity index (χ4v) is 8.00. The number of thioether (sulfide) groups is 2. The van der Waals surface area contributed by atoms with Crippen molar-refractivity contribution in [3.63, 3.8) is 0 Å². The van der Waals surface area contributed by atoms with Gasteiger partial charge in [-0.05, 0) is 83.1 Å². The maximum absolute atomic E-state index is 12.1. The molecular formula is C24H51N2O2PS2. The monoisotopic (exact) mass is 494 g/mol. The smallest absolute Gasteiger partial charge is 0.191 e. The molecule has 0 aromatic carbocycles. The molecule has 0 aliphatic rings. The Kier molecular flexibility index (Phi) is 13.8. The number of rotatable bonds is 14.